The van der Waals surface area contributed by atoms with Gasteiger partial charge in [-0.15, -0.1) is 11.3 Å². The number of piperidine rings is 1. The van der Waals surface area contributed by atoms with E-state index in [9.17, 15) is 0 Å². The van der Waals surface area contributed by atoms with Crippen LogP contribution in [-0.2, 0) is 0 Å². The molecule has 1 aromatic carbocycles. The lowest BCUT2D eigenvalue weighted by Crippen LogP contribution is -3.05. The predicted octanol–water partition coefficient (Wildman–Crippen LogP) is 2.23. The fourth-order valence-electron chi connectivity index (χ4n) is 3.20. The van der Waals surface area contributed by atoms with Gasteiger partial charge < -0.3 is 15.1 Å². The highest BCUT2D eigenvalue weighted by Gasteiger charge is 2.28. The van der Waals surface area contributed by atoms with E-state index in [1.807, 2.05) is 11.3 Å². The van der Waals surface area contributed by atoms with Crippen molar-refractivity contribution in [2.75, 3.05) is 33.7 Å². The SMILES string of the molecule is C[NH+](C)CCCNC(=S)N1CCCC[C@H]1c1nc2ccccc2s1. The first-order chi connectivity index (χ1) is 11.6. The molecule has 1 atom stereocenters. The van der Waals surface area contributed by atoms with Crippen molar-refractivity contribution < 1.29 is 4.90 Å². The molecule has 0 saturated carbocycles. The molecular weight excluding hydrogens is 336 g/mol. The number of nitrogens with zero attached hydrogens (tertiary/aromatic N) is 2. The molecule has 1 saturated heterocycles. The summed E-state index contributed by atoms with van der Waals surface area (Å²) in [5, 5.41) is 5.56. The number of thiazole rings is 1. The van der Waals surface area contributed by atoms with Crippen molar-refractivity contribution in [1.82, 2.24) is 15.2 Å². The third-order valence-corrected chi connectivity index (χ3v) is 6.01. The molecule has 1 aliphatic rings. The van der Waals surface area contributed by atoms with Gasteiger partial charge >= 0.3 is 0 Å². The number of rotatable bonds is 5. The molecule has 0 spiro atoms. The van der Waals surface area contributed by atoms with E-state index in [1.54, 1.807) is 0 Å². The van der Waals surface area contributed by atoms with E-state index in [0.717, 1.165) is 43.1 Å². The van der Waals surface area contributed by atoms with E-state index < -0.39 is 0 Å². The second-order valence-electron chi connectivity index (χ2n) is 6.77. The number of fused-ring (bicyclic) bond motifs is 1. The van der Waals surface area contributed by atoms with Crippen LogP contribution in [0.4, 0.5) is 0 Å². The second kappa shape index (κ2) is 8.23. The molecule has 0 unspecified atom stereocenters. The lowest BCUT2D eigenvalue weighted by Gasteiger charge is -2.36. The highest BCUT2D eigenvalue weighted by molar-refractivity contribution is 7.80. The third kappa shape index (κ3) is 4.23. The van der Waals surface area contributed by atoms with Gasteiger partial charge in [0.15, 0.2) is 5.11 Å². The highest BCUT2D eigenvalue weighted by Crippen LogP contribution is 2.35. The van der Waals surface area contributed by atoms with Crippen LogP contribution >= 0.6 is 23.6 Å². The Bertz CT molecular complexity index is 649. The van der Waals surface area contributed by atoms with Gasteiger partial charge in [0.05, 0.1) is 36.9 Å². The van der Waals surface area contributed by atoms with Crippen molar-refractivity contribution in [3.63, 3.8) is 0 Å². The first-order valence-electron chi connectivity index (χ1n) is 8.84. The van der Waals surface area contributed by atoms with Crippen LogP contribution in [0.1, 0.15) is 36.7 Å². The van der Waals surface area contributed by atoms with Crippen molar-refractivity contribution in [3.05, 3.63) is 29.3 Å². The monoisotopic (exact) mass is 363 g/mol. The average molecular weight is 364 g/mol. The fourth-order valence-corrected chi connectivity index (χ4v) is 4.64. The maximum absolute atomic E-state index is 5.70. The lowest BCUT2D eigenvalue weighted by molar-refractivity contribution is -0.858. The van der Waals surface area contributed by atoms with E-state index in [4.69, 9.17) is 17.2 Å². The first kappa shape index (κ1) is 17.6. The Morgan fingerprint density at radius 3 is 3.00 bits per heavy atom. The number of hydrogen-bond donors (Lipinski definition) is 2. The van der Waals surface area contributed by atoms with Crippen molar-refractivity contribution in [2.24, 2.45) is 0 Å². The Morgan fingerprint density at radius 2 is 2.21 bits per heavy atom. The number of para-hydroxylation sites is 1. The molecule has 0 radical (unpaired) electrons. The highest BCUT2D eigenvalue weighted by atomic mass is 32.1. The quantitative estimate of drug-likeness (QED) is 0.630. The molecular formula is C18H27N4S2+. The summed E-state index contributed by atoms with van der Waals surface area (Å²) in [6, 6.07) is 8.73. The topological polar surface area (TPSA) is 32.6 Å². The number of aromatic nitrogens is 1. The number of nitrogens with one attached hydrogen (secondary N) is 2. The first-order valence-corrected chi connectivity index (χ1v) is 10.1. The zero-order chi connectivity index (χ0) is 16.9. The van der Waals surface area contributed by atoms with Crippen molar-refractivity contribution in [3.8, 4) is 0 Å². The van der Waals surface area contributed by atoms with Crippen LogP contribution in [-0.4, -0.2) is 48.7 Å². The summed E-state index contributed by atoms with van der Waals surface area (Å²) in [5.41, 5.74) is 1.11. The van der Waals surface area contributed by atoms with E-state index in [2.05, 4.69) is 48.6 Å². The number of benzene rings is 1. The van der Waals surface area contributed by atoms with E-state index in [-0.39, 0.29) is 0 Å². The lowest BCUT2D eigenvalue weighted by atomic mass is 10.0. The van der Waals surface area contributed by atoms with Gasteiger partial charge in [0.1, 0.15) is 5.01 Å². The maximum atomic E-state index is 5.70. The van der Waals surface area contributed by atoms with E-state index in [0.29, 0.717) is 6.04 Å². The van der Waals surface area contributed by atoms with Crippen molar-refractivity contribution >= 4 is 38.9 Å². The molecule has 4 nitrogen and oxygen atoms in total. The standard InChI is InChI=1S/C18H26N4S2/c1-21(2)12-7-11-19-18(23)22-13-6-5-9-15(22)17-20-14-8-3-4-10-16(14)24-17/h3-4,8,10,15H,5-7,9,11-13H2,1-2H3,(H,19,23)/p+1/t15-/m0/s1. The Kier molecular flexibility index (Phi) is 6.03. The molecule has 2 aromatic rings. The van der Waals surface area contributed by atoms with Crippen LogP contribution in [0.3, 0.4) is 0 Å². The van der Waals surface area contributed by atoms with Crippen LogP contribution in [0.15, 0.2) is 24.3 Å². The Labute approximate surface area is 153 Å². The summed E-state index contributed by atoms with van der Waals surface area (Å²) in [4.78, 5) is 8.71. The van der Waals surface area contributed by atoms with E-state index >= 15 is 0 Å². The van der Waals surface area contributed by atoms with Gasteiger partial charge in [-0.1, -0.05) is 12.1 Å². The van der Waals surface area contributed by atoms with Crippen LogP contribution in [0.2, 0.25) is 0 Å². The largest absolute Gasteiger partial charge is 0.362 e. The van der Waals surface area contributed by atoms with Gasteiger partial charge in [0.2, 0.25) is 0 Å². The Balaban J connectivity index is 1.67. The normalized spacial score (nSPS) is 18.3. The summed E-state index contributed by atoms with van der Waals surface area (Å²) in [7, 11) is 4.37. The molecule has 0 bridgehead atoms. The molecule has 2 heterocycles. The minimum Gasteiger partial charge on any atom is -0.362 e. The summed E-state index contributed by atoms with van der Waals surface area (Å²) in [6.07, 6.45) is 4.75. The van der Waals surface area contributed by atoms with Gasteiger partial charge in [-0.25, -0.2) is 4.98 Å². The minimum absolute atomic E-state index is 0.329. The Morgan fingerprint density at radius 1 is 1.38 bits per heavy atom. The molecule has 1 aromatic heterocycles. The average Bonchev–Trinajstić information content (AvgIpc) is 3.02. The zero-order valence-corrected chi connectivity index (χ0v) is 16.2. The van der Waals surface area contributed by atoms with Gasteiger partial charge in [-0.3, -0.25) is 0 Å². The summed E-state index contributed by atoms with van der Waals surface area (Å²) in [6.45, 7) is 3.15. The summed E-state index contributed by atoms with van der Waals surface area (Å²) >= 11 is 7.51. The van der Waals surface area contributed by atoms with Gasteiger partial charge in [0, 0.05) is 19.5 Å². The molecule has 130 valence electrons. The predicted molar refractivity (Wildman–Crippen MR) is 106 cm³/mol. The molecule has 1 aliphatic heterocycles. The number of thiocarbonyl (C=S) groups is 1. The smallest absolute Gasteiger partial charge is 0.169 e. The minimum atomic E-state index is 0.329. The Hall–Kier alpha value is -1.24. The number of likely N-dealkylation sites (tertiary alicyclic amines) is 1. The molecule has 6 heteroatoms. The van der Waals surface area contributed by atoms with Crippen molar-refractivity contribution in [2.45, 2.75) is 31.7 Å². The van der Waals surface area contributed by atoms with Crippen LogP contribution in [0.5, 0.6) is 0 Å². The second-order valence-corrected chi connectivity index (χ2v) is 8.22. The molecule has 1 fully saturated rings. The number of quaternary nitrogens is 1. The zero-order valence-electron chi connectivity index (χ0n) is 14.5. The molecule has 0 aliphatic carbocycles. The summed E-state index contributed by atoms with van der Waals surface area (Å²) < 4.78 is 1.27. The number of hydrogen-bond acceptors (Lipinski definition) is 3. The van der Waals surface area contributed by atoms with Crippen molar-refractivity contribution in [1.29, 1.82) is 0 Å². The van der Waals surface area contributed by atoms with Gasteiger partial charge in [-0.2, -0.15) is 0 Å². The van der Waals surface area contributed by atoms with Gasteiger partial charge in [0.25, 0.3) is 0 Å². The molecule has 3 rings (SSSR count). The maximum Gasteiger partial charge on any atom is 0.169 e. The van der Waals surface area contributed by atoms with Crippen LogP contribution in [0, 0.1) is 0 Å². The third-order valence-electron chi connectivity index (χ3n) is 4.49. The molecule has 2 N–H and O–H groups in total. The molecule has 24 heavy (non-hydrogen) atoms. The molecule has 0 amide bonds. The van der Waals surface area contributed by atoms with Crippen LogP contribution in [0.25, 0.3) is 10.2 Å². The van der Waals surface area contributed by atoms with E-state index in [1.165, 1.54) is 27.4 Å². The van der Waals surface area contributed by atoms with Gasteiger partial charge in [-0.05, 0) is 43.6 Å². The summed E-state index contributed by atoms with van der Waals surface area (Å²) in [5.74, 6) is 0. The van der Waals surface area contributed by atoms with Crippen LogP contribution < -0.4 is 10.2 Å². The fraction of sp³-hybridized carbons (Fsp3) is 0.556.